The van der Waals surface area contributed by atoms with E-state index in [-0.39, 0.29) is 0 Å². The molecule has 3 rings (SSSR count). The summed E-state index contributed by atoms with van der Waals surface area (Å²) in [6, 6.07) is 9.35. The molecule has 0 aliphatic heterocycles. The highest BCUT2D eigenvalue weighted by molar-refractivity contribution is 5.34. The zero-order valence-electron chi connectivity index (χ0n) is 12.9. The van der Waals surface area contributed by atoms with Crippen LogP contribution in [0.15, 0.2) is 30.6 Å². The number of hydrogen-bond donors (Lipinski definition) is 1. The maximum Gasteiger partial charge on any atom is 0.138 e. The summed E-state index contributed by atoms with van der Waals surface area (Å²) in [4.78, 5) is 4.40. The van der Waals surface area contributed by atoms with Gasteiger partial charge in [0.15, 0.2) is 0 Å². The van der Waals surface area contributed by atoms with Crippen molar-refractivity contribution in [2.24, 2.45) is 7.05 Å². The minimum absolute atomic E-state index is 0.430. The smallest absolute Gasteiger partial charge is 0.138 e. The third kappa shape index (κ3) is 3.00. The lowest BCUT2D eigenvalue weighted by molar-refractivity contribution is 0.387. The molecule has 0 spiro atoms. The average Bonchev–Trinajstić information content (AvgIpc) is 2.91. The van der Waals surface area contributed by atoms with Gasteiger partial charge in [-0.3, -0.25) is 4.68 Å². The van der Waals surface area contributed by atoms with E-state index in [1.807, 2.05) is 11.7 Å². The number of aromatic nitrogens is 3. The van der Waals surface area contributed by atoms with Crippen LogP contribution in [0.5, 0.6) is 0 Å². The van der Waals surface area contributed by atoms with Crippen LogP contribution in [-0.4, -0.2) is 27.4 Å². The summed E-state index contributed by atoms with van der Waals surface area (Å²) in [5.74, 6) is 1.63. The summed E-state index contributed by atoms with van der Waals surface area (Å²) in [6.07, 6.45) is 6.33. The standard InChI is InChI=1S/C17H24N4/c1-3-18-16(11-17-19-12-20-21(17)2)15-10-6-8-13-7-4-5-9-14(13)15/h4-5,7,9,12,15-16,18H,3,6,8,10-11H2,1-2H3. The number of rotatable bonds is 5. The van der Waals surface area contributed by atoms with Crippen molar-refractivity contribution in [2.45, 2.75) is 44.6 Å². The highest BCUT2D eigenvalue weighted by Crippen LogP contribution is 2.34. The van der Waals surface area contributed by atoms with E-state index in [1.54, 1.807) is 6.33 Å². The topological polar surface area (TPSA) is 42.7 Å². The fraction of sp³-hybridized carbons (Fsp3) is 0.529. The van der Waals surface area contributed by atoms with E-state index in [0.29, 0.717) is 12.0 Å². The van der Waals surface area contributed by atoms with E-state index in [2.05, 4.69) is 46.6 Å². The molecule has 1 aliphatic carbocycles. The molecule has 0 amide bonds. The van der Waals surface area contributed by atoms with Crippen molar-refractivity contribution in [1.29, 1.82) is 0 Å². The molecule has 112 valence electrons. The van der Waals surface area contributed by atoms with Crippen molar-refractivity contribution in [3.05, 3.63) is 47.5 Å². The molecule has 1 aliphatic rings. The van der Waals surface area contributed by atoms with Gasteiger partial charge >= 0.3 is 0 Å². The molecular formula is C17H24N4. The number of likely N-dealkylation sites (N-methyl/N-ethyl adjacent to an activating group) is 1. The van der Waals surface area contributed by atoms with Gasteiger partial charge in [0.05, 0.1) is 0 Å². The van der Waals surface area contributed by atoms with Crippen LogP contribution in [0, 0.1) is 0 Å². The molecule has 0 saturated carbocycles. The van der Waals surface area contributed by atoms with Gasteiger partial charge in [-0.25, -0.2) is 4.98 Å². The van der Waals surface area contributed by atoms with Gasteiger partial charge in [0, 0.05) is 19.5 Å². The Kier molecular flexibility index (Phi) is 4.34. The van der Waals surface area contributed by atoms with Crippen LogP contribution >= 0.6 is 0 Å². The third-order valence-electron chi connectivity index (χ3n) is 4.58. The normalized spacial score (nSPS) is 19.2. The first-order valence-corrected chi connectivity index (χ1v) is 7.93. The van der Waals surface area contributed by atoms with Crippen LogP contribution in [0.25, 0.3) is 0 Å². The van der Waals surface area contributed by atoms with Gasteiger partial charge in [-0.05, 0) is 42.9 Å². The Labute approximate surface area is 126 Å². The second-order valence-corrected chi connectivity index (χ2v) is 5.87. The van der Waals surface area contributed by atoms with Gasteiger partial charge in [0.2, 0.25) is 0 Å². The Morgan fingerprint density at radius 2 is 2.24 bits per heavy atom. The van der Waals surface area contributed by atoms with Gasteiger partial charge in [0.25, 0.3) is 0 Å². The highest BCUT2D eigenvalue weighted by atomic mass is 15.3. The first-order valence-electron chi connectivity index (χ1n) is 7.93. The fourth-order valence-corrected chi connectivity index (χ4v) is 3.53. The van der Waals surface area contributed by atoms with Crippen LogP contribution in [0.2, 0.25) is 0 Å². The number of nitrogens with one attached hydrogen (secondary N) is 1. The van der Waals surface area contributed by atoms with Crippen LogP contribution in [0.3, 0.4) is 0 Å². The van der Waals surface area contributed by atoms with Crippen LogP contribution in [0.4, 0.5) is 0 Å². The van der Waals surface area contributed by atoms with Crippen molar-refractivity contribution < 1.29 is 0 Å². The van der Waals surface area contributed by atoms with Crippen LogP contribution in [-0.2, 0) is 19.9 Å². The zero-order valence-corrected chi connectivity index (χ0v) is 12.9. The number of aryl methyl sites for hydroxylation is 2. The van der Waals surface area contributed by atoms with Gasteiger partial charge in [-0.1, -0.05) is 31.2 Å². The molecule has 4 nitrogen and oxygen atoms in total. The monoisotopic (exact) mass is 284 g/mol. The quantitative estimate of drug-likeness (QED) is 0.917. The summed E-state index contributed by atoms with van der Waals surface area (Å²) in [5.41, 5.74) is 3.05. The number of nitrogens with zero attached hydrogens (tertiary/aromatic N) is 3. The first kappa shape index (κ1) is 14.3. The van der Waals surface area contributed by atoms with Gasteiger partial charge in [-0.15, -0.1) is 0 Å². The molecule has 1 heterocycles. The van der Waals surface area contributed by atoms with Crippen molar-refractivity contribution in [1.82, 2.24) is 20.1 Å². The summed E-state index contributed by atoms with van der Waals surface area (Å²) in [7, 11) is 1.97. The maximum atomic E-state index is 4.40. The van der Waals surface area contributed by atoms with E-state index in [1.165, 1.54) is 30.4 Å². The van der Waals surface area contributed by atoms with E-state index in [4.69, 9.17) is 0 Å². The Hall–Kier alpha value is -1.68. The second kappa shape index (κ2) is 6.39. The Morgan fingerprint density at radius 3 is 3.00 bits per heavy atom. The highest BCUT2D eigenvalue weighted by Gasteiger charge is 2.28. The molecule has 2 atom stereocenters. The summed E-state index contributed by atoms with van der Waals surface area (Å²) < 4.78 is 1.89. The number of fused-ring (bicyclic) bond motifs is 1. The van der Waals surface area contributed by atoms with Crippen LogP contribution in [0.1, 0.15) is 42.6 Å². The van der Waals surface area contributed by atoms with E-state index < -0.39 is 0 Å². The van der Waals surface area contributed by atoms with Crippen molar-refractivity contribution >= 4 is 0 Å². The molecule has 0 radical (unpaired) electrons. The number of benzene rings is 1. The largest absolute Gasteiger partial charge is 0.313 e. The van der Waals surface area contributed by atoms with E-state index >= 15 is 0 Å². The van der Waals surface area contributed by atoms with E-state index in [9.17, 15) is 0 Å². The van der Waals surface area contributed by atoms with Crippen molar-refractivity contribution in [2.75, 3.05) is 6.54 Å². The molecular weight excluding hydrogens is 260 g/mol. The minimum Gasteiger partial charge on any atom is -0.313 e. The minimum atomic E-state index is 0.430. The first-order chi connectivity index (χ1) is 10.3. The molecule has 2 unspecified atom stereocenters. The Bertz CT molecular complexity index is 590. The predicted molar refractivity (Wildman–Crippen MR) is 84.3 cm³/mol. The molecule has 1 aromatic heterocycles. The van der Waals surface area contributed by atoms with Gasteiger partial charge in [0.1, 0.15) is 12.2 Å². The van der Waals surface area contributed by atoms with Gasteiger partial charge in [-0.2, -0.15) is 5.10 Å². The van der Waals surface area contributed by atoms with Gasteiger partial charge < -0.3 is 5.32 Å². The number of hydrogen-bond acceptors (Lipinski definition) is 3. The molecule has 0 saturated heterocycles. The lowest BCUT2D eigenvalue weighted by Gasteiger charge is -2.32. The maximum absolute atomic E-state index is 4.40. The second-order valence-electron chi connectivity index (χ2n) is 5.87. The lowest BCUT2D eigenvalue weighted by Crippen LogP contribution is -2.38. The van der Waals surface area contributed by atoms with Crippen molar-refractivity contribution in [3.8, 4) is 0 Å². The fourth-order valence-electron chi connectivity index (χ4n) is 3.53. The summed E-state index contributed by atoms with van der Waals surface area (Å²) in [6.45, 7) is 3.17. The SMILES string of the molecule is CCNC(Cc1ncnn1C)C1CCCc2ccccc21. The van der Waals surface area contributed by atoms with Crippen molar-refractivity contribution in [3.63, 3.8) is 0 Å². The summed E-state index contributed by atoms with van der Waals surface area (Å²) in [5, 5.41) is 7.87. The molecule has 0 bridgehead atoms. The summed E-state index contributed by atoms with van der Waals surface area (Å²) >= 11 is 0. The molecule has 1 aromatic carbocycles. The molecule has 4 heteroatoms. The van der Waals surface area contributed by atoms with Crippen LogP contribution < -0.4 is 5.32 Å². The Balaban J connectivity index is 1.86. The molecule has 1 N–H and O–H groups in total. The molecule has 2 aromatic rings. The molecule has 0 fully saturated rings. The zero-order chi connectivity index (χ0) is 14.7. The lowest BCUT2D eigenvalue weighted by atomic mass is 9.77. The average molecular weight is 284 g/mol. The molecule has 21 heavy (non-hydrogen) atoms. The Morgan fingerprint density at radius 1 is 1.38 bits per heavy atom. The van der Waals surface area contributed by atoms with E-state index in [0.717, 1.165) is 18.8 Å². The predicted octanol–water partition coefficient (Wildman–Crippen LogP) is 2.46. The third-order valence-corrected chi connectivity index (χ3v) is 4.58.